The molecule has 114 valence electrons. The molecule has 1 heterocycles. The third-order valence-electron chi connectivity index (χ3n) is 3.56. The molecule has 0 saturated carbocycles. The van der Waals surface area contributed by atoms with Crippen LogP contribution >= 0.6 is 0 Å². The van der Waals surface area contributed by atoms with E-state index in [-0.39, 0.29) is 23.4 Å². The lowest BCUT2D eigenvalue weighted by atomic mass is 10.0. The number of piperidine rings is 1. The van der Waals surface area contributed by atoms with Gasteiger partial charge in [0.25, 0.3) is 0 Å². The van der Waals surface area contributed by atoms with Crippen molar-refractivity contribution >= 4 is 17.3 Å². The van der Waals surface area contributed by atoms with Crippen molar-refractivity contribution in [3.05, 3.63) is 28.3 Å². The average Bonchev–Trinajstić information content (AvgIpc) is 2.49. The van der Waals surface area contributed by atoms with Gasteiger partial charge < -0.3 is 15.0 Å². The number of methoxy groups -OCH3 is 1. The van der Waals surface area contributed by atoms with E-state index in [4.69, 9.17) is 4.74 Å². The summed E-state index contributed by atoms with van der Waals surface area (Å²) < 4.78 is 4.98. The molecule has 1 aliphatic heterocycles. The van der Waals surface area contributed by atoms with E-state index < -0.39 is 4.92 Å². The smallest absolute Gasteiger partial charge is 0.312 e. The number of likely N-dealkylation sites (N-methyl/N-ethyl adjacent to an activating group) is 1. The predicted molar refractivity (Wildman–Crippen MR) is 78.7 cm³/mol. The summed E-state index contributed by atoms with van der Waals surface area (Å²) in [7, 11) is 1.38. The molecular formula is C14H19N3O4. The lowest BCUT2D eigenvalue weighted by Crippen LogP contribution is -2.50. The Morgan fingerprint density at radius 3 is 2.90 bits per heavy atom. The molecule has 1 N–H and O–H groups in total. The molecule has 0 radical (unpaired) electrons. The number of anilines is 1. The maximum absolute atomic E-state index is 12.4. The SMILES string of the molecule is CCNC1CCCN(c2ccc(OC)c([N+](=O)[O-])c2)C1=O. The third-order valence-corrected chi connectivity index (χ3v) is 3.56. The van der Waals surface area contributed by atoms with Gasteiger partial charge in [-0.05, 0) is 31.5 Å². The molecule has 7 nitrogen and oxygen atoms in total. The Kier molecular flexibility index (Phi) is 4.74. The lowest BCUT2D eigenvalue weighted by Gasteiger charge is -2.32. The molecule has 0 aromatic heterocycles. The summed E-state index contributed by atoms with van der Waals surface area (Å²) in [6, 6.07) is 4.38. The van der Waals surface area contributed by atoms with Gasteiger partial charge in [-0.1, -0.05) is 6.92 Å². The van der Waals surface area contributed by atoms with E-state index >= 15 is 0 Å². The van der Waals surface area contributed by atoms with Crippen LogP contribution in [0.5, 0.6) is 5.75 Å². The fourth-order valence-corrected chi connectivity index (χ4v) is 2.56. The molecular weight excluding hydrogens is 274 g/mol. The van der Waals surface area contributed by atoms with E-state index in [0.717, 1.165) is 12.8 Å². The highest BCUT2D eigenvalue weighted by Gasteiger charge is 2.30. The molecule has 1 unspecified atom stereocenters. The molecule has 1 aromatic rings. The van der Waals surface area contributed by atoms with Gasteiger partial charge in [-0.25, -0.2) is 0 Å². The average molecular weight is 293 g/mol. The number of nitro groups is 1. The largest absolute Gasteiger partial charge is 0.490 e. The van der Waals surface area contributed by atoms with Gasteiger partial charge in [-0.3, -0.25) is 14.9 Å². The van der Waals surface area contributed by atoms with Crippen LogP contribution in [0.4, 0.5) is 11.4 Å². The number of rotatable bonds is 5. The van der Waals surface area contributed by atoms with Crippen LogP contribution in [-0.2, 0) is 4.79 Å². The minimum absolute atomic E-state index is 0.0393. The molecule has 1 atom stereocenters. The van der Waals surface area contributed by atoms with E-state index in [1.54, 1.807) is 11.0 Å². The molecule has 1 amide bonds. The maximum atomic E-state index is 12.4. The molecule has 0 aliphatic carbocycles. The Hall–Kier alpha value is -2.15. The first-order chi connectivity index (χ1) is 10.1. The van der Waals surface area contributed by atoms with Crippen LogP contribution in [-0.4, -0.2) is 37.1 Å². The molecule has 21 heavy (non-hydrogen) atoms. The topological polar surface area (TPSA) is 84.7 Å². The number of carbonyl (C=O) groups is 1. The van der Waals surface area contributed by atoms with Crippen molar-refractivity contribution in [2.24, 2.45) is 0 Å². The Labute approximate surface area is 123 Å². The lowest BCUT2D eigenvalue weighted by molar-refractivity contribution is -0.385. The maximum Gasteiger partial charge on any atom is 0.312 e. The fraction of sp³-hybridized carbons (Fsp3) is 0.500. The van der Waals surface area contributed by atoms with E-state index in [1.807, 2.05) is 6.92 Å². The minimum atomic E-state index is -0.501. The molecule has 7 heteroatoms. The summed E-state index contributed by atoms with van der Waals surface area (Å²) in [4.78, 5) is 24.6. The normalized spacial score (nSPS) is 18.7. The molecule has 2 rings (SSSR count). The number of hydrogen-bond donors (Lipinski definition) is 1. The number of benzene rings is 1. The Bertz CT molecular complexity index is 545. The summed E-state index contributed by atoms with van der Waals surface area (Å²) in [5.41, 5.74) is 0.406. The van der Waals surface area contributed by atoms with Crippen molar-refractivity contribution in [3.8, 4) is 5.75 Å². The second kappa shape index (κ2) is 6.53. The van der Waals surface area contributed by atoms with Crippen LogP contribution in [0.25, 0.3) is 0 Å². The van der Waals surface area contributed by atoms with Gasteiger partial charge in [0.15, 0.2) is 5.75 Å². The van der Waals surface area contributed by atoms with Crippen LogP contribution in [0.2, 0.25) is 0 Å². The zero-order valence-corrected chi connectivity index (χ0v) is 12.2. The third kappa shape index (κ3) is 3.13. The first-order valence-electron chi connectivity index (χ1n) is 6.95. The van der Waals surface area contributed by atoms with E-state index in [0.29, 0.717) is 18.8 Å². The molecule has 1 aliphatic rings. The Balaban J connectivity index is 2.30. The summed E-state index contributed by atoms with van der Waals surface area (Å²) >= 11 is 0. The first-order valence-corrected chi connectivity index (χ1v) is 6.95. The van der Waals surface area contributed by atoms with Crippen molar-refractivity contribution in [2.75, 3.05) is 25.1 Å². The van der Waals surface area contributed by atoms with Crippen molar-refractivity contribution in [3.63, 3.8) is 0 Å². The Morgan fingerprint density at radius 1 is 1.52 bits per heavy atom. The summed E-state index contributed by atoms with van der Waals surface area (Å²) in [6.07, 6.45) is 1.66. The van der Waals surface area contributed by atoms with Crippen molar-refractivity contribution < 1.29 is 14.5 Å². The second-order valence-corrected chi connectivity index (χ2v) is 4.86. The number of nitro benzene ring substituents is 1. The van der Waals surface area contributed by atoms with Gasteiger partial charge in [-0.2, -0.15) is 0 Å². The number of nitrogens with zero attached hydrogens (tertiary/aromatic N) is 2. The zero-order chi connectivity index (χ0) is 15.4. The zero-order valence-electron chi connectivity index (χ0n) is 12.2. The molecule has 0 spiro atoms. The fourth-order valence-electron chi connectivity index (χ4n) is 2.56. The van der Waals surface area contributed by atoms with Gasteiger partial charge >= 0.3 is 5.69 Å². The molecule has 1 saturated heterocycles. The molecule has 1 aromatic carbocycles. The monoisotopic (exact) mass is 293 g/mol. The Morgan fingerprint density at radius 2 is 2.29 bits per heavy atom. The van der Waals surface area contributed by atoms with Crippen molar-refractivity contribution in [2.45, 2.75) is 25.8 Å². The van der Waals surface area contributed by atoms with Gasteiger partial charge in [0.05, 0.1) is 23.8 Å². The highest BCUT2D eigenvalue weighted by molar-refractivity contribution is 5.98. The molecule has 0 bridgehead atoms. The van der Waals surface area contributed by atoms with E-state index in [2.05, 4.69) is 5.32 Å². The van der Waals surface area contributed by atoms with Gasteiger partial charge in [-0.15, -0.1) is 0 Å². The van der Waals surface area contributed by atoms with Crippen LogP contribution in [0.15, 0.2) is 18.2 Å². The van der Waals surface area contributed by atoms with Crippen LogP contribution in [0.1, 0.15) is 19.8 Å². The van der Waals surface area contributed by atoms with Gasteiger partial charge in [0.2, 0.25) is 5.91 Å². The van der Waals surface area contributed by atoms with Gasteiger partial charge in [0, 0.05) is 12.6 Å². The van der Waals surface area contributed by atoms with E-state index in [1.165, 1.54) is 19.2 Å². The van der Waals surface area contributed by atoms with Crippen LogP contribution in [0.3, 0.4) is 0 Å². The first kappa shape index (κ1) is 15.2. The number of amides is 1. The number of hydrogen-bond acceptors (Lipinski definition) is 5. The standard InChI is InChI=1S/C14H19N3O4/c1-3-15-11-5-4-8-16(14(11)18)10-6-7-13(21-2)12(9-10)17(19)20/h6-7,9,11,15H,3-5,8H2,1-2H3. The minimum Gasteiger partial charge on any atom is -0.490 e. The highest BCUT2D eigenvalue weighted by Crippen LogP contribution is 2.32. The quantitative estimate of drug-likeness (QED) is 0.660. The second-order valence-electron chi connectivity index (χ2n) is 4.86. The summed E-state index contributed by atoms with van der Waals surface area (Å²) in [5, 5.41) is 14.2. The van der Waals surface area contributed by atoms with Crippen LogP contribution < -0.4 is 15.0 Å². The predicted octanol–water partition coefficient (Wildman–Crippen LogP) is 1.71. The highest BCUT2D eigenvalue weighted by atomic mass is 16.6. The number of carbonyl (C=O) groups excluding carboxylic acids is 1. The summed E-state index contributed by atoms with van der Waals surface area (Å²) in [5.74, 6) is 0.152. The molecule has 1 fully saturated rings. The number of nitrogens with one attached hydrogen (secondary N) is 1. The number of ether oxygens (including phenoxy) is 1. The summed E-state index contributed by atoms with van der Waals surface area (Å²) in [6.45, 7) is 3.24. The van der Waals surface area contributed by atoms with Crippen molar-refractivity contribution in [1.82, 2.24) is 5.32 Å². The van der Waals surface area contributed by atoms with Gasteiger partial charge in [0.1, 0.15) is 0 Å². The van der Waals surface area contributed by atoms with E-state index in [9.17, 15) is 14.9 Å². The van der Waals surface area contributed by atoms with Crippen molar-refractivity contribution in [1.29, 1.82) is 0 Å². The van der Waals surface area contributed by atoms with Crippen LogP contribution in [0, 0.1) is 10.1 Å².